The third kappa shape index (κ3) is 2.77. The summed E-state index contributed by atoms with van der Waals surface area (Å²) in [7, 11) is 0. The van der Waals surface area contributed by atoms with Gasteiger partial charge in [0.2, 0.25) is 5.43 Å². The Morgan fingerprint density at radius 3 is 2.65 bits per heavy atom. The van der Waals surface area contributed by atoms with Crippen molar-refractivity contribution in [1.29, 1.82) is 0 Å². The van der Waals surface area contributed by atoms with Gasteiger partial charge in [-0.3, -0.25) is 14.8 Å². The quantitative estimate of drug-likeness (QED) is 0.573. The lowest BCUT2D eigenvalue weighted by Gasteiger charge is -2.08. The van der Waals surface area contributed by atoms with Crippen LogP contribution >= 0.6 is 0 Å². The Kier molecular flexibility index (Phi) is 3.78. The number of nitrogens with one attached hydrogen (secondary N) is 1. The molecule has 0 bridgehead atoms. The van der Waals surface area contributed by atoms with Gasteiger partial charge in [0, 0.05) is 6.07 Å². The third-order valence-electron chi connectivity index (χ3n) is 3.14. The lowest BCUT2D eigenvalue weighted by atomic mass is 10.1. The predicted molar refractivity (Wildman–Crippen MR) is 78.2 cm³/mol. The molecule has 6 nitrogen and oxygen atoms in total. The van der Waals surface area contributed by atoms with Gasteiger partial charge in [0.1, 0.15) is 23.2 Å². The van der Waals surface area contributed by atoms with E-state index in [2.05, 4.69) is 0 Å². The third-order valence-corrected chi connectivity index (χ3v) is 3.14. The number of fused-ring (bicyclic) bond motifs is 1. The van der Waals surface area contributed by atoms with Gasteiger partial charge in [-0.1, -0.05) is 18.2 Å². The van der Waals surface area contributed by atoms with Crippen LogP contribution in [0.5, 0.6) is 11.5 Å². The number of carbonyl (C=O) groups is 1. The van der Waals surface area contributed by atoms with Crippen LogP contribution in [-0.2, 0) is 0 Å². The van der Waals surface area contributed by atoms with Crippen LogP contribution < -0.4 is 15.6 Å². The second kappa shape index (κ2) is 5.90. The Bertz CT molecular complexity index is 936. The molecule has 1 amide bonds. The summed E-state index contributed by atoms with van der Waals surface area (Å²) in [5, 5.41) is 8.44. The molecule has 0 fully saturated rings. The van der Waals surface area contributed by atoms with Crippen LogP contribution in [0.1, 0.15) is 10.4 Å². The molecule has 0 unspecified atom stereocenters. The van der Waals surface area contributed by atoms with Crippen molar-refractivity contribution in [3.63, 3.8) is 0 Å². The SMILES string of the molecule is O=C(NO)c1coc2cc(Oc3ccccc3)c(F)cc2c1=O. The van der Waals surface area contributed by atoms with E-state index in [0.717, 1.165) is 12.3 Å². The molecule has 1 aromatic heterocycles. The summed E-state index contributed by atoms with van der Waals surface area (Å²) in [5.41, 5.74) is 0.185. The highest BCUT2D eigenvalue weighted by atomic mass is 19.1. The minimum atomic E-state index is -1.04. The first kappa shape index (κ1) is 14.7. The molecule has 7 heteroatoms. The average molecular weight is 315 g/mol. The second-order valence-corrected chi connectivity index (χ2v) is 4.61. The highest BCUT2D eigenvalue weighted by molar-refractivity contribution is 5.96. The molecule has 0 aliphatic heterocycles. The molecule has 23 heavy (non-hydrogen) atoms. The maximum Gasteiger partial charge on any atom is 0.281 e. The smallest absolute Gasteiger partial charge is 0.281 e. The lowest BCUT2D eigenvalue weighted by Crippen LogP contribution is -2.25. The summed E-state index contributed by atoms with van der Waals surface area (Å²) in [4.78, 5) is 23.4. The number of hydroxylamine groups is 1. The summed E-state index contributed by atoms with van der Waals surface area (Å²) in [6.07, 6.45) is 0.889. The molecule has 0 saturated heterocycles. The zero-order valence-electron chi connectivity index (χ0n) is 11.6. The number of hydrogen-bond donors (Lipinski definition) is 2. The fourth-order valence-electron chi connectivity index (χ4n) is 2.04. The minimum absolute atomic E-state index is 0.0526. The van der Waals surface area contributed by atoms with E-state index in [1.807, 2.05) is 0 Å². The fraction of sp³-hybridized carbons (Fsp3) is 0. The molecular formula is C16H10FNO5. The molecule has 2 aromatic carbocycles. The van der Waals surface area contributed by atoms with Crippen molar-refractivity contribution in [2.45, 2.75) is 0 Å². The fourth-order valence-corrected chi connectivity index (χ4v) is 2.04. The molecule has 3 aromatic rings. The van der Waals surface area contributed by atoms with Crippen molar-refractivity contribution >= 4 is 16.9 Å². The van der Waals surface area contributed by atoms with E-state index in [0.29, 0.717) is 5.75 Å². The van der Waals surface area contributed by atoms with Gasteiger partial charge >= 0.3 is 0 Å². The van der Waals surface area contributed by atoms with E-state index in [9.17, 15) is 14.0 Å². The summed E-state index contributed by atoms with van der Waals surface area (Å²) < 4.78 is 24.7. The van der Waals surface area contributed by atoms with Gasteiger partial charge in [-0.2, -0.15) is 0 Å². The van der Waals surface area contributed by atoms with E-state index in [1.54, 1.807) is 30.3 Å². The van der Waals surface area contributed by atoms with Crippen LogP contribution in [0.2, 0.25) is 0 Å². The lowest BCUT2D eigenvalue weighted by molar-refractivity contribution is 0.0703. The van der Waals surface area contributed by atoms with E-state index in [4.69, 9.17) is 14.4 Å². The van der Waals surface area contributed by atoms with E-state index >= 15 is 0 Å². The van der Waals surface area contributed by atoms with Crippen molar-refractivity contribution in [2.75, 3.05) is 0 Å². The number of ether oxygens (including phenoxy) is 1. The Balaban J connectivity index is 2.09. The summed E-state index contributed by atoms with van der Waals surface area (Å²) in [6, 6.07) is 10.7. The van der Waals surface area contributed by atoms with E-state index in [-0.39, 0.29) is 16.7 Å². The molecule has 1 heterocycles. The van der Waals surface area contributed by atoms with Crippen LogP contribution in [0.3, 0.4) is 0 Å². The highest BCUT2D eigenvalue weighted by Crippen LogP contribution is 2.28. The number of amides is 1. The Hall–Kier alpha value is -3.19. The van der Waals surface area contributed by atoms with Crippen molar-refractivity contribution in [1.82, 2.24) is 5.48 Å². The molecule has 0 atom stereocenters. The Morgan fingerprint density at radius 1 is 1.22 bits per heavy atom. The normalized spacial score (nSPS) is 10.5. The van der Waals surface area contributed by atoms with Crippen LogP contribution in [0.4, 0.5) is 4.39 Å². The van der Waals surface area contributed by atoms with Crippen molar-refractivity contribution < 1.29 is 23.5 Å². The minimum Gasteiger partial charge on any atom is -0.463 e. The van der Waals surface area contributed by atoms with Gasteiger partial charge < -0.3 is 9.15 Å². The highest BCUT2D eigenvalue weighted by Gasteiger charge is 2.16. The second-order valence-electron chi connectivity index (χ2n) is 4.61. The topological polar surface area (TPSA) is 88.8 Å². The summed E-state index contributed by atoms with van der Waals surface area (Å²) in [5.74, 6) is -1.52. The first-order valence-corrected chi connectivity index (χ1v) is 6.52. The van der Waals surface area contributed by atoms with Crippen LogP contribution in [0, 0.1) is 5.82 Å². The van der Waals surface area contributed by atoms with Crippen molar-refractivity contribution in [3.8, 4) is 11.5 Å². The standard InChI is InChI=1S/C16H10FNO5/c17-12-6-10-13(22-8-11(15(10)19)16(20)18-21)7-14(12)23-9-4-2-1-3-5-9/h1-8,21H,(H,18,20). The number of rotatable bonds is 3. The predicted octanol–water partition coefficient (Wildman–Crippen LogP) is 2.84. The van der Waals surface area contributed by atoms with E-state index < -0.39 is 22.7 Å². The largest absolute Gasteiger partial charge is 0.463 e. The molecule has 0 aliphatic carbocycles. The van der Waals surface area contributed by atoms with Gasteiger partial charge in [-0.25, -0.2) is 9.87 Å². The molecule has 116 valence electrons. The monoisotopic (exact) mass is 315 g/mol. The summed E-state index contributed by atoms with van der Waals surface area (Å²) in [6.45, 7) is 0. The summed E-state index contributed by atoms with van der Waals surface area (Å²) >= 11 is 0. The maximum atomic E-state index is 14.1. The number of halogens is 1. The zero-order chi connectivity index (χ0) is 16.4. The van der Waals surface area contributed by atoms with Crippen LogP contribution in [0.25, 0.3) is 11.0 Å². The molecule has 2 N–H and O–H groups in total. The Labute approximate surface area is 128 Å². The number of benzene rings is 2. The van der Waals surface area contributed by atoms with Gasteiger partial charge in [0.15, 0.2) is 11.6 Å². The number of carbonyl (C=O) groups excluding carboxylic acids is 1. The van der Waals surface area contributed by atoms with Gasteiger partial charge in [0.05, 0.1) is 5.39 Å². The number of hydrogen-bond acceptors (Lipinski definition) is 5. The van der Waals surface area contributed by atoms with Gasteiger partial charge in [-0.05, 0) is 18.2 Å². The van der Waals surface area contributed by atoms with Crippen molar-refractivity contribution in [3.05, 3.63) is 70.3 Å². The van der Waals surface area contributed by atoms with Crippen LogP contribution in [-0.4, -0.2) is 11.1 Å². The maximum absolute atomic E-state index is 14.1. The Morgan fingerprint density at radius 2 is 1.96 bits per heavy atom. The molecule has 0 spiro atoms. The van der Waals surface area contributed by atoms with Gasteiger partial charge in [-0.15, -0.1) is 0 Å². The van der Waals surface area contributed by atoms with Crippen molar-refractivity contribution in [2.24, 2.45) is 0 Å². The number of para-hydroxylation sites is 1. The molecule has 0 radical (unpaired) electrons. The van der Waals surface area contributed by atoms with E-state index in [1.165, 1.54) is 11.5 Å². The average Bonchev–Trinajstić information content (AvgIpc) is 2.57. The molecule has 0 aliphatic rings. The first-order valence-electron chi connectivity index (χ1n) is 6.52. The molecule has 3 rings (SSSR count). The molecular weight excluding hydrogens is 305 g/mol. The zero-order valence-corrected chi connectivity index (χ0v) is 11.6. The first-order chi connectivity index (χ1) is 11.1. The van der Waals surface area contributed by atoms with Crippen LogP contribution in [0.15, 0.2) is 57.9 Å². The molecule has 0 saturated carbocycles. The van der Waals surface area contributed by atoms with Gasteiger partial charge in [0.25, 0.3) is 5.91 Å².